The van der Waals surface area contributed by atoms with Crippen molar-refractivity contribution < 1.29 is 17.9 Å². The first-order valence-electron chi connectivity index (χ1n) is 9.21. The molecule has 0 bridgehead atoms. The van der Waals surface area contributed by atoms with Gasteiger partial charge in [-0.3, -0.25) is 4.79 Å². The van der Waals surface area contributed by atoms with E-state index in [1.165, 1.54) is 15.6 Å². The third-order valence-corrected chi connectivity index (χ3v) is 7.87. The Morgan fingerprint density at radius 1 is 1.25 bits per heavy atom. The molecule has 7 nitrogen and oxygen atoms in total. The number of nitrogens with zero attached hydrogens (tertiary/aromatic N) is 2. The van der Waals surface area contributed by atoms with Crippen molar-refractivity contribution in [3.8, 4) is 0 Å². The monoisotopic (exact) mass is 423 g/mol. The molecule has 0 radical (unpaired) electrons. The molecule has 2 aromatic rings. The average Bonchev–Trinajstić information content (AvgIpc) is 3.09. The lowest BCUT2D eigenvalue weighted by Gasteiger charge is -2.26. The number of ether oxygens (including phenoxy) is 1. The molecule has 0 spiro atoms. The summed E-state index contributed by atoms with van der Waals surface area (Å²) < 4.78 is 31.9. The predicted octanol–water partition coefficient (Wildman–Crippen LogP) is 2.53. The summed E-state index contributed by atoms with van der Waals surface area (Å²) in [6.45, 7) is 7.82. The van der Waals surface area contributed by atoms with Gasteiger partial charge in [-0.2, -0.15) is 4.31 Å². The van der Waals surface area contributed by atoms with Crippen LogP contribution in [-0.2, 0) is 21.3 Å². The second-order valence-electron chi connectivity index (χ2n) is 6.96. The van der Waals surface area contributed by atoms with Crippen LogP contribution in [0.4, 0.5) is 0 Å². The van der Waals surface area contributed by atoms with Gasteiger partial charge >= 0.3 is 0 Å². The smallest absolute Gasteiger partial charge is 0.263 e. The van der Waals surface area contributed by atoms with Crippen molar-refractivity contribution in [2.24, 2.45) is 0 Å². The van der Waals surface area contributed by atoms with E-state index in [-0.39, 0.29) is 16.7 Å². The van der Waals surface area contributed by atoms with Crippen molar-refractivity contribution in [1.82, 2.24) is 14.6 Å². The average molecular weight is 424 g/mol. The quantitative estimate of drug-likeness (QED) is 0.771. The fourth-order valence-corrected chi connectivity index (χ4v) is 5.25. The normalized spacial score (nSPS) is 15.7. The fourth-order valence-electron chi connectivity index (χ4n) is 2.85. The molecule has 0 saturated carbocycles. The van der Waals surface area contributed by atoms with E-state index in [2.05, 4.69) is 10.3 Å². The Morgan fingerprint density at radius 3 is 2.46 bits per heavy atom. The maximum absolute atomic E-state index is 12.6. The summed E-state index contributed by atoms with van der Waals surface area (Å²) in [6.07, 6.45) is 0. The molecule has 3 rings (SSSR count). The second-order valence-corrected chi connectivity index (χ2v) is 9.93. The number of hydrogen-bond donors (Lipinski definition) is 1. The SMILES string of the molecule is Cc1nc(C(C)C)sc1C(=O)NCc1ccc(S(=O)(=O)N2CCOCC2)cc1. The van der Waals surface area contributed by atoms with Gasteiger partial charge in [-0.1, -0.05) is 26.0 Å². The lowest BCUT2D eigenvalue weighted by atomic mass is 10.2. The first kappa shape index (κ1) is 20.9. The van der Waals surface area contributed by atoms with E-state index in [4.69, 9.17) is 4.74 Å². The summed E-state index contributed by atoms with van der Waals surface area (Å²) in [5.74, 6) is 0.123. The molecule has 28 heavy (non-hydrogen) atoms. The molecule has 1 saturated heterocycles. The van der Waals surface area contributed by atoms with E-state index in [1.807, 2.05) is 20.8 Å². The molecule has 1 aromatic heterocycles. The fraction of sp³-hybridized carbons (Fsp3) is 0.474. The maximum atomic E-state index is 12.6. The lowest BCUT2D eigenvalue weighted by Crippen LogP contribution is -2.40. The van der Waals surface area contributed by atoms with E-state index >= 15 is 0 Å². The summed E-state index contributed by atoms with van der Waals surface area (Å²) in [5.41, 5.74) is 1.57. The van der Waals surface area contributed by atoms with E-state index < -0.39 is 10.0 Å². The molecule has 0 unspecified atom stereocenters. The van der Waals surface area contributed by atoms with Crippen molar-refractivity contribution >= 4 is 27.3 Å². The highest BCUT2D eigenvalue weighted by Gasteiger charge is 2.26. The molecule has 1 aromatic carbocycles. The van der Waals surface area contributed by atoms with Crippen LogP contribution in [-0.4, -0.2) is 49.9 Å². The molecular weight excluding hydrogens is 398 g/mol. The van der Waals surface area contributed by atoms with Crippen molar-refractivity contribution in [2.45, 2.75) is 38.1 Å². The Balaban J connectivity index is 1.64. The number of benzene rings is 1. The van der Waals surface area contributed by atoms with Gasteiger partial charge in [0.05, 0.1) is 28.8 Å². The zero-order valence-corrected chi connectivity index (χ0v) is 17.9. The first-order chi connectivity index (χ1) is 13.3. The summed E-state index contributed by atoms with van der Waals surface area (Å²) in [4.78, 5) is 17.8. The number of aryl methyl sites for hydroxylation is 1. The highest BCUT2D eigenvalue weighted by molar-refractivity contribution is 7.89. The van der Waals surface area contributed by atoms with Crippen LogP contribution >= 0.6 is 11.3 Å². The number of aromatic nitrogens is 1. The Hall–Kier alpha value is -1.81. The minimum Gasteiger partial charge on any atom is -0.379 e. The molecule has 1 aliphatic heterocycles. The van der Waals surface area contributed by atoms with Crippen LogP contribution in [0.5, 0.6) is 0 Å². The van der Waals surface area contributed by atoms with E-state index in [9.17, 15) is 13.2 Å². The highest BCUT2D eigenvalue weighted by Crippen LogP contribution is 2.24. The number of carbonyl (C=O) groups excluding carboxylic acids is 1. The number of carbonyl (C=O) groups is 1. The molecule has 152 valence electrons. The molecule has 0 atom stereocenters. The van der Waals surface area contributed by atoms with Crippen LogP contribution in [0.2, 0.25) is 0 Å². The number of sulfonamides is 1. The number of amides is 1. The Kier molecular flexibility index (Phi) is 6.49. The number of hydrogen-bond acceptors (Lipinski definition) is 6. The van der Waals surface area contributed by atoms with Gasteiger partial charge in [0.25, 0.3) is 5.91 Å². The molecular formula is C19H25N3O4S2. The van der Waals surface area contributed by atoms with Crippen LogP contribution in [0, 0.1) is 6.92 Å². The topological polar surface area (TPSA) is 88.6 Å². The molecule has 1 fully saturated rings. The Bertz CT molecular complexity index is 931. The minimum atomic E-state index is -3.50. The van der Waals surface area contributed by atoms with Gasteiger partial charge < -0.3 is 10.1 Å². The van der Waals surface area contributed by atoms with Gasteiger partial charge in [-0.15, -0.1) is 11.3 Å². The van der Waals surface area contributed by atoms with Gasteiger partial charge in [-0.05, 0) is 24.6 Å². The van der Waals surface area contributed by atoms with Gasteiger partial charge in [0.1, 0.15) is 4.88 Å². The predicted molar refractivity (Wildman–Crippen MR) is 108 cm³/mol. The zero-order chi connectivity index (χ0) is 20.3. The largest absolute Gasteiger partial charge is 0.379 e. The van der Waals surface area contributed by atoms with Gasteiger partial charge in [-0.25, -0.2) is 13.4 Å². The van der Waals surface area contributed by atoms with Crippen LogP contribution < -0.4 is 5.32 Å². The third kappa shape index (κ3) is 4.60. The van der Waals surface area contributed by atoms with E-state index in [0.717, 1.165) is 16.3 Å². The van der Waals surface area contributed by atoms with E-state index in [1.54, 1.807) is 24.3 Å². The number of morpholine rings is 1. The van der Waals surface area contributed by atoms with Crippen molar-refractivity contribution in [2.75, 3.05) is 26.3 Å². The van der Waals surface area contributed by atoms with Crippen molar-refractivity contribution in [3.63, 3.8) is 0 Å². The van der Waals surface area contributed by atoms with Crippen LogP contribution in [0.1, 0.15) is 45.7 Å². The molecule has 1 aliphatic rings. The first-order valence-corrected chi connectivity index (χ1v) is 11.5. The number of nitrogens with one attached hydrogen (secondary N) is 1. The third-order valence-electron chi connectivity index (χ3n) is 4.50. The second kappa shape index (κ2) is 8.69. The summed E-state index contributed by atoms with van der Waals surface area (Å²) in [5, 5.41) is 3.83. The van der Waals surface area contributed by atoms with Gasteiger partial charge in [0.2, 0.25) is 10.0 Å². The van der Waals surface area contributed by atoms with Crippen LogP contribution in [0.25, 0.3) is 0 Å². The van der Waals surface area contributed by atoms with Gasteiger partial charge in [0.15, 0.2) is 0 Å². The van der Waals surface area contributed by atoms with E-state index in [0.29, 0.717) is 37.7 Å². The molecule has 9 heteroatoms. The van der Waals surface area contributed by atoms with Crippen molar-refractivity contribution in [3.05, 3.63) is 45.4 Å². The van der Waals surface area contributed by atoms with Crippen LogP contribution in [0.15, 0.2) is 29.2 Å². The highest BCUT2D eigenvalue weighted by atomic mass is 32.2. The summed E-state index contributed by atoms with van der Waals surface area (Å²) in [7, 11) is -3.50. The van der Waals surface area contributed by atoms with Crippen LogP contribution in [0.3, 0.4) is 0 Å². The Morgan fingerprint density at radius 2 is 1.89 bits per heavy atom. The molecule has 1 N–H and O–H groups in total. The molecule has 2 heterocycles. The maximum Gasteiger partial charge on any atom is 0.263 e. The minimum absolute atomic E-state index is 0.160. The number of thiazole rings is 1. The summed E-state index contributed by atoms with van der Waals surface area (Å²) in [6, 6.07) is 6.63. The van der Waals surface area contributed by atoms with Gasteiger partial charge in [0, 0.05) is 25.6 Å². The lowest BCUT2D eigenvalue weighted by molar-refractivity contribution is 0.0730. The number of rotatable bonds is 6. The Labute approximate surface area is 169 Å². The molecule has 0 aliphatic carbocycles. The standard InChI is InChI=1S/C19H25N3O4S2/c1-13(2)19-21-14(3)17(27-19)18(23)20-12-15-4-6-16(7-5-15)28(24,25)22-8-10-26-11-9-22/h4-7,13H,8-12H2,1-3H3,(H,20,23). The molecule has 1 amide bonds. The van der Waals surface area contributed by atoms with Crippen molar-refractivity contribution in [1.29, 1.82) is 0 Å². The summed E-state index contributed by atoms with van der Waals surface area (Å²) >= 11 is 1.41. The zero-order valence-electron chi connectivity index (χ0n) is 16.3.